The van der Waals surface area contributed by atoms with Crippen LogP contribution in [-0.2, 0) is 9.59 Å². The number of hydrazine groups is 1. The highest BCUT2D eigenvalue weighted by Crippen LogP contribution is 2.13. The lowest BCUT2D eigenvalue weighted by molar-refractivity contribution is -0.132. The first-order valence-electron chi connectivity index (χ1n) is 8.40. The third-order valence-electron chi connectivity index (χ3n) is 3.56. The minimum atomic E-state index is -0.900. The Bertz CT molecular complexity index is 828. The minimum Gasteiger partial charge on any atom is -0.481 e. The van der Waals surface area contributed by atoms with Gasteiger partial charge in [0.1, 0.15) is 11.6 Å². The number of nitrogens with one attached hydrogen (secondary N) is 3. The van der Waals surface area contributed by atoms with Gasteiger partial charge in [-0.3, -0.25) is 25.2 Å². The van der Waals surface area contributed by atoms with E-state index in [0.717, 1.165) is 4.47 Å². The van der Waals surface area contributed by atoms with Gasteiger partial charge in [0.15, 0.2) is 6.10 Å². The van der Waals surface area contributed by atoms with Crippen molar-refractivity contribution < 1.29 is 23.5 Å². The van der Waals surface area contributed by atoms with E-state index in [4.69, 9.17) is 4.74 Å². The van der Waals surface area contributed by atoms with Gasteiger partial charge in [-0.05, 0) is 55.5 Å². The smallest absolute Gasteiger partial charge is 0.279 e. The topological polar surface area (TPSA) is 96.5 Å². The second-order valence-electron chi connectivity index (χ2n) is 5.76. The van der Waals surface area contributed by atoms with E-state index >= 15 is 0 Å². The van der Waals surface area contributed by atoms with Crippen LogP contribution >= 0.6 is 15.9 Å². The second-order valence-corrected chi connectivity index (χ2v) is 6.68. The molecule has 28 heavy (non-hydrogen) atoms. The van der Waals surface area contributed by atoms with Crippen molar-refractivity contribution in [3.05, 3.63) is 64.4 Å². The average molecular weight is 452 g/mol. The third kappa shape index (κ3) is 6.99. The zero-order valence-electron chi connectivity index (χ0n) is 15.0. The van der Waals surface area contributed by atoms with Crippen LogP contribution in [0, 0.1) is 5.82 Å². The van der Waals surface area contributed by atoms with Gasteiger partial charge in [-0.2, -0.15) is 0 Å². The number of carbonyl (C=O) groups excluding carboxylic acids is 3. The Hall–Kier alpha value is -2.94. The average Bonchev–Trinajstić information content (AvgIpc) is 2.68. The summed E-state index contributed by atoms with van der Waals surface area (Å²) in [6.07, 6.45) is -0.918. The number of hydrogen-bond acceptors (Lipinski definition) is 4. The van der Waals surface area contributed by atoms with Crippen molar-refractivity contribution in [2.45, 2.75) is 19.4 Å². The maximum absolute atomic E-state index is 12.8. The molecule has 0 aliphatic rings. The third-order valence-corrected chi connectivity index (χ3v) is 4.09. The van der Waals surface area contributed by atoms with Crippen LogP contribution in [0.4, 0.5) is 4.39 Å². The first kappa shape index (κ1) is 21.4. The highest BCUT2D eigenvalue weighted by atomic mass is 79.9. The Balaban J connectivity index is 1.67. The van der Waals surface area contributed by atoms with Gasteiger partial charge in [0, 0.05) is 23.0 Å². The molecule has 0 fully saturated rings. The molecule has 7 nitrogen and oxygen atoms in total. The Morgan fingerprint density at radius 2 is 1.68 bits per heavy atom. The van der Waals surface area contributed by atoms with E-state index in [-0.39, 0.29) is 18.9 Å². The quantitative estimate of drug-likeness (QED) is 0.562. The molecule has 0 aromatic heterocycles. The van der Waals surface area contributed by atoms with Crippen molar-refractivity contribution in [1.29, 1.82) is 0 Å². The summed E-state index contributed by atoms with van der Waals surface area (Å²) in [5.74, 6) is -1.43. The standard InChI is InChI=1S/C19H19BrFN3O4/c1-12(28-16-8-6-15(21)7-9-16)18(26)24-23-17(25)10-11-22-19(27)13-2-4-14(20)5-3-13/h2-9,12H,10-11H2,1H3,(H,22,27)(H,23,25)(H,24,26). The molecule has 2 aromatic carbocycles. The summed E-state index contributed by atoms with van der Waals surface area (Å²) in [5, 5.41) is 2.61. The Morgan fingerprint density at radius 3 is 2.32 bits per heavy atom. The van der Waals surface area contributed by atoms with E-state index in [0.29, 0.717) is 11.3 Å². The van der Waals surface area contributed by atoms with Crippen molar-refractivity contribution in [3.8, 4) is 5.75 Å². The van der Waals surface area contributed by atoms with Crippen LogP contribution in [-0.4, -0.2) is 30.4 Å². The molecule has 0 aliphatic carbocycles. The number of hydrogen-bond donors (Lipinski definition) is 3. The summed E-state index contributed by atoms with van der Waals surface area (Å²) >= 11 is 3.28. The maximum Gasteiger partial charge on any atom is 0.279 e. The molecule has 2 rings (SSSR count). The molecule has 3 amide bonds. The normalized spacial score (nSPS) is 11.2. The number of benzene rings is 2. The van der Waals surface area contributed by atoms with Crippen molar-refractivity contribution in [3.63, 3.8) is 0 Å². The van der Waals surface area contributed by atoms with E-state index < -0.39 is 23.7 Å². The molecule has 1 unspecified atom stereocenters. The van der Waals surface area contributed by atoms with Crippen LogP contribution in [0.5, 0.6) is 5.75 Å². The molecule has 148 valence electrons. The van der Waals surface area contributed by atoms with Crippen LogP contribution in [0.1, 0.15) is 23.7 Å². The highest BCUT2D eigenvalue weighted by Gasteiger charge is 2.15. The number of halogens is 2. The number of ether oxygens (including phenoxy) is 1. The van der Waals surface area contributed by atoms with Gasteiger partial charge in [0.05, 0.1) is 0 Å². The molecular formula is C19H19BrFN3O4. The van der Waals surface area contributed by atoms with Gasteiger partial charge < -0.3 is 10.1 Å². The molecule has 1 atom stereocenters. The van der Waals surface area contributed by atoms with Gasteiger partial charge in [-0.1, -0.05) is 15.9 Å². The van der Waals surface area contributed by atoms with E-state index in [1.165, 1.54) is 31.2 Å². The fraction of sp³-hybridized carbons (Fsp3) is 0.211. The van der Waals surface area contributed by atoms with E-state index in [9.17, 15) is 18.8 Å². The Morgan fingerprint density at radius 1 is 1.04 bits per heavy atom. The molecule has 9 heteroatoms. The van der Waals surface area contributed by atoms with Crippen LogP contribution in [0.25, 0.3) is 0 Å². The Labute approximate surface area is 169 Å². The van der Waals surface area contributed by atoms with Crippen molar-refractivity contribution in [2.75, 3.05) is 6.54 Å². The SMILES string of the molecule is CC(Oc1ccc(F)cc1)C(=O)NNC(=O)CCNC(=O)c1ccc(Br)cc1. The van der Waals surface area contributed by atoms with Crippen LogP contribution in [0.15, 0.2) is 53.0 Å². The summed E-state index contributed by atoms with van der Waals surface area (Å²) in [7, 11) is 0. The first-order valence-corrected chi connectivity index (χ1v) is 9.19. The number of rotatable bonds is 7. The summed E-state index contributed by atoms with van der Waals surface area (Å²) in [5.41, 5.74) is 4.95. The van der Waals surface area contributed by atoms with E-state index in [1.54, 1.807) is 24.3 Å². The van der Waals surface area contributed by atoms with Crippen molar-refractivity contribution in [1.82, 2.24) is 16.2 Å². The highest BCUT2D eigenvalue weighted by molar-refractivity contribution is 9.10. The molecule has 0 saturated carbocycles. The summed E-state index contributed by atoms with van der Waals surface area (Å²) < 4.78 is 19.0. The molecule has 0 bridgehead atoms. The zero-order valence-corrected chi connectivity index (χ0v) is 16.6. The molecular weight excluding hydrogens is 433 g/mol. The lowest BCUT2D eigenvalue weighted by atomic mass is 10.2. The lowest BCUT2D eigenvalue weighted by Gasteiger charge is -2.15. The fourth-order valence-electron chi connectivity index (χ4n) is 2.06. The Kier molecular flexibility index (Phi) is 7.94. The van der Waals surface area contributed by atoms with Crippen molar-refractivity contribution in [2.24, 2.45) is 0 Å². The first-order chi connectivity index (χ1) is 13.3. The van der Waals surface area contributed by atoms with Crippen LogP contribution in [0.3, 0.4) is 0 Å². The molecule has 3 N–H and O–H groups in total. The summed E-state index contributed by atoms with van der Waals surface area (Å²) in [4.78, 5) is 35.6. The van der Waals surface area contributed by atoms with Crippen LogP contribution < -0.4 is 20.9 Å². The molecule has 0 aliphatic heterocycles. The van der Waals surface area contributed by atoms with Gasteiger partial charge in [-0.15, -0.1) is 0 Å². The predicted octanol–water partition coefficient (Wildman–Crippen LogP) is 2.32. The minimum absolute atomic E-state index is 0.0181. The summed E-state index contributed by atoms with van der Waals surface area (Å²) in [6.45, 7) is 1.60. The van der Waals surface area contributed by atoms with E-state index in [1.807, 2.05) is 0 Å². The monoisotopic (exact) mass is 451 g/mol. The zero-order chi connectivity index (χ0) is 20.5. The largest absolute Gasteiger partial charge is 0.481 e. The molecule has 0 saturated heterocycles. The van der Waals surface area contributed by atoms with Gasteiger partial charge >= 0.3 is 0 Å². The molecule has 2 aromatic rings. The van der Waals surface area contributed by atoms with Crippen LogP contribution in [0.2, 0.25) is 0 Å². The van der Waals surface area contributed by atoms with Gasteiger partial charge in [0.2, 0.25) is 5.91 Å². The number of carbonyl (C=O) groups is 3. The van der Waals surface area contributed by atoms with E-state index in [2.05, 4.69) is 32.1 Å². The second kappa shape index (κ2) is 10.4. The fourth-order valence-corrected chi connectivity index (χ4v) is 2.32. The summed E-state index contributed by atoms with van der Waals surface area (Å²) in [6, 6.07) is 12.0. The molecule has 0 spiro atoms. The molecule has 0 heterocycles. The predicted molar refractivity (Wildman–Crippen MR) is 104 cm³/mol. The van der Waals surface area contributed by atoms with Gasteiger partial charge in [-0.25, -0.2) is 4.39 Å². The molecule has 0 radical (unpaired) electrons. The number of amides is 3. The maximum atomic E-state index is 12.8. The lowest BCUT2D eigenvalue weighted by Crippen LogP contribution is -2.47. The van der Waals surface area contributed by atoms with Gasteiger partial charge in [0.25, 0.3) is 11.8 Å². The van der Waals surface area contributed by atoms with Crippen molar-refractivity contribution >= 4 is 33.7 Å².